The van der Waals surface area contributed by atoms with Gasteiger partial charge in [0.05, 0.1) is 0 Å². The molecule has 0 aromatic heterocycles. The molecule has 19 heavy (non-hydrogen) atoms. The average molecular weight is 292 g/mol. The van der Waals surface area contributed by atoms with Gasteiger partial charge in [0.1, 0.15) is 0 Å². The molecule has 2 rings (SSSR count). The molecule has 100 valence electrons. The van der Waals surface area contributed by atoms with Gasteiger partial charge in [-0.05, 0) is 48.8 Å². The Bertz CT molecular complexity index is 513. The third-order valence-electron chi connectivity index (χ3n) is 2.93. The zero-order valence-corrected chi connectivity index (χ0v) is 12.4. The van der Waals surface area contributed by atoms with Crippen LogP contribution in [0, 0.1) is 0 Å². The van der Waals surface area contributed by atoms with Crippen LogP contribution >= 0.6 is 23.4 Å². The molecule has 0 spiro atoms. The van der Waals surface area contributed by atoms with E-state index in [-0.39, 0.29) is 0 Å². The van der Waals surface area contributed by atoms with Crippen molar-refractivity contribution in [1.29, 1.82) is 0 Å². The zero-order valence-electron chi connectivity index (χ0n) is 10.8. The summed E-state index contributed by atoms with van der Waals surface area (Å²) in [6, 6.07) is 16.3. The Morgan fingerprint density at radius 3 is 2.53 bits per heavy atom. The Hall–Kier alpha value is -1.12. The van der Waals surface area contributed by atoms with Gasteiger partial charge in [-0.15, -0.1) is 11.8 Å². The number of thioether (sulfide) groups is 1. The van der Waals surface area contributed by atoms with Crippen LogP contribution in [0.4, 0.5) is 5.69 Å². The highest BCUT2D eigenvalue weighted by atomic mass is 35.5. The lowest BCUT2D eigenvalue weighted by Crippen LogP contribution is -1.90. The first-order chi connectivity index (χ1) is 9.25. The van der Waals surface area contributed by atoms with Gasteiger partial charge < -0.3 is 5.73 Å². The van der Waals surface area contributed by atoms with Gasteiger partial charge in [-0.2, -0.15) is 0 Å². The van der Waals surface area contributed by atoms with E-state index in [1.54, 1.807) is 0 Å². The van der Waals surface area contributed by atoms with Crippen molar-refractivity contribution in [2.45, 2.75) is 24.2 Å². The number of anilines is 1. The van der Waals surface area contributed by atoms with Crippen molar-refractivity contribution in [2.75, 3.05) is 11.5 Å². The summed E-state index contributed by atoms with van der Waals surface area (Å²) in [6.45, 7) is 0. The molecule has 0 aliphatic rings. The molecule has 0 fully saturated rings. The van der Waals surface area contributed by atoms with Crippen molar-refractivity contribution >= 4 is 29.1 Å². The second-order valence-corrected chi connectivity index (χ2v) is 6.05. The average Bonchev–Trinajstić information content (AvgIpc) is 2.42. The summed E-state index contributed by atoms with van der Waals surface area (Å²) in [5, 5.41) is 0.700. The predicted octanol–water partition coefficient (Wildman–Crippen LogP) is 5.04. The van der Waals surface area contributed by atoms with E-state index < -0.39 is 0 Å². The third-order valence-corrected chi connectivity index (χ3v) is 4.34. The molecular formula is C16H18ClNS. The molecule has 2 aromatic carbocycles. The summed E-state index contributed by atoms with van der Waals surface area (Å²) in [6.07, 6.45) is 3.56. The number of hydrogen-bond acceptors (Lipinski definition) is 2. The van der Waals surface area contributed by atoms with Gasteiger partial charge in [0.2, 0.25) is 0 Å². The topological polar surface area (TPSA) is 26.0 Å². The Kier molecular flexibility index (Phi) is 5.62. The summed E-state index contributed by atoms with van der Waals surface area (Å²) >= 11 is 7.69. The van der Waals surface area contributed by atoms with E-state index in [1.807, 2.05) is 30.0 Å². The number of nitrogen functional groups attached to an aromatic ring is 1. The lowest BCUT2D eigenvalue weighted by Gasteiger charge is -2.06. The highest BCUT2D eigenvalue weighted by Crippen LogP contribution is 2.28. The van der Waals surface area contributed by atoms with Crippen LogP contribution in [0.3, 0.4) is 0 Å². The van der Waals surface area contributed by atoms with Crippen LogP contribution in [-0.2, 0) is 6.42 Å². The van der Waals surface area contributed by atoms with Crippen molar-refractivity contribution in [3.8, 4) is 0 Å². The molecule has 3 heteroatoms. The number of halogens is 1. The molecule has 2 aromatic rings. The molecular weight excluding hydrogens is 274 g/mol. The fourth-order valence-electron chi connectivity index (χ4n) is 1.91. The van der Waals surface area contributed by atoms with E-state index in [0.29, 0.717) is 5.02 Å². The zero-order chi connectivity index (χ0) is 13.5. The molecule has 0 radical (unpaired) electrons. The molecule has 0 saturated heterocycles. The highest BCUT2D eigenvalue weighted by molar-refractivity contribution is 7.99. The second-order valence-electron chi connectivity index (χ2n) is 4.47. The molecule has 1 nitrogen and oxygen atoms in total. The molecule has 0 aliphatic heterocycles. The van der Waals surface area contributed by atoms with Gasteiger partial charge in [-0.25, -0.2) is 0 Å². The van der Waals surface area contributed by atoms with Gasteiger partial charge in [-0.1, -0.05) is 41.9 Å². The van der Waals surface area contributed by atoms with Crippen molar-refractivity contribution < 1.29 is 0 Å². The van der Waals surface area contributed by atoms with Crippen LogP contribution in [0.1, 0.15) is 18.4 Å². The van der Waals surface area contributed by atoms with Crippen molar-refractivity contribution in [3.05, 3.63) is 59.1 Å². The van der Waals surface area contributed by atoms with Crippen molar-refractivity contribution in [3.63, 3.8) is 0 Å². The lowest BCUT2D eigenvalue weighted by atomic mass is 10.1. The molecule has 0 amide bonds. The first-order valence-corrected chi connectivity index (χ1v) is 7.84. The fourth-order valence-corrected chi connectivity index (χ4v) is 3.05. The minimum atomic E-state index is 0.700. The maximum absolute atomic E-state index is 5.92. The van der Waals surface area contributed by atoms with Gasteiger partial charge >= 0.3 is 0 Å². The number of hydrogen-bond donors (Lipinski definition) is 1. The van der Waals surface area contributed by atoms with Gasteiger partial charge in [-0.3, -0.25) is 0 Å². The van der Waals surface area contributed by atoms with Crippen molar-refractivity contribution in [1.82, 2.24) is 0 Å². The summed E-state index contributed by atoms with van der Waals surface area (Å²) in [5.74, 6) is 1.10. The molecule has 0 bridgehead atoms. The van der Waals surface area contributed by atoms with Crippen LogP contribution in [0.25, 0.3) is 0 Å². The van der Waals surface area contributed by atoms with Crippen molar-refractivity contribution in [2.24, 2.45) is 0 Å². The largest absolute Gasteiger partial charge is 0.398 e. The van der Waals surface area contributed by atoms with Crippen LogP contribution in [0.5, 0.6) is 0 Å². The van der Waals surface area contributed by atoms with Gasteiger partial charge in [0.15, 0.2) is 0 Å². The first-order valence-electron chi connectivity index (χ1n) is 6.47. The Labute approximate surface area is 124 Å². The number of aryl methyl sites for hydroxylation is 1. The van der Waals surface area contributed by atoms with E-state index in [4.69, 9.17) is 17.3 Å². The van der Waals surface area contributed by atoms with Crippen LogP contribution in [0.2, 0.25) is 5.02 Å². The van der Waals surface area contributed by atoms with E-state index >= 15 is 0 Å². The number of rotatable bonds is 6. The molecule has 0 atom stereocenters. The maximum atomic E-state index is 5.92. The number of nitrogens with two attached hydrogens (primary N) is 1. The SMILES string of the molecule is Nc1cc(Cl)ccc1SCCCCc1ccccc1. The Morgan fingerprint density at radius 2 is 1.79 bits per heavy atom. The summed E-state index contributed by atoms with van der Waals surface area (Å²) in [4.78, 5) is 1.13. The minimum absolute atomic E-state index is 0.700. The molecule has 0 unspecified atom stereocenters. The van der Waals surface area contributed by atoms with E-state index in [1.165, 1.54) is 18.4 Å². The minimum Gasteiger partial charge on any atom is -0.398 e. The van der Waals surface area contributed by atoms with E-state index in [0.717, 1.165) is 22.8 Å². The van der Waals surface area contributed by atoms with E-state index in [2.05, 4.69) is 30.3 Å². The second kappa shape index (κ2) is 7.46. The third kappa shape index (κ3) is 4.81. The fraction of sp³-hybridized carbons (Fsp3) is 0.250. The first kappa shape index (κ1) is 14.3. The van der Waals surface area contributed by atoms with Crippen LogP contribution in [-0.4, -0.2) is 5.75 Å². The Morgan fingerprint density at radius 1 is 1.00 bits per heavy atom. The number of benzene rings is 2. The van der Waals surface area contributed by atoms with Gasteiger partial charge in [0.25, 0.3) is 0 Å². The summed E-state index contributed by atoms with van der Waals surface area (Å²) in [7, 11) is 0. The summed E-state index contributed by atoms with van der Waals surface area (Å²) < 4.78 is 0. The normalized spacial score (nSPS) is 10.6. The molecule has 2 N–H and O–H groups in total. The quantitative estimate of drug-likeness (QED) is 0.458. The monoisotopic (exact) mass is 291 g/mol. The van der Waals surface area contributed by atoms with E-state index in [9.17, 15) is 0 Å². The van der Waals surface area contributed by atoms with Crippen LogP contribution < -0.4 is 5.73 Å². The lowest BCUT2D eigenvalue weighted by molar-refractivity contribution is 0.802. The summed E-state index contributed by atoms with van der Waals surface area (Å²) in [5.41, 5.74) is 8.12. The maximum Gasteiger partial charge on any atom is 0.0467 e. The molecule has 0 saturated carbocycles. The Balaban J connectivity index is 1.69. The molecule has 0 heterocycles. The van der Waals surface area contributed by atoms with Gasteiger partial charge in [0, 0.05) is 15.6 Å². The highest BCUT2D eigenvalue weighted by Gasteiger charge is 2.00. The predicted molar refractivity (Wildman–Crippen MR) is 86.0 cm³/mol. The standard InChI is InChI=1S/C16H18ClNS/c17-14-9-10-16(15(18)12-14)19-11-5-4-8-13-6-2-1-3-7-13/h1-3,6-7,9-10,12H,4-5,8,11,18H2. The number of unbranched alkanes of at least 4 members (excludes halogenated alkanes) is 1. The molecule has 0 aliphatic carbocycles. The smallest absolute Gasteiger partial charge is 0.0467 e. The van der Waals surface area contributed by atoms with Crippen LogP contribution in [0.15, 0.2) is 53.4 Å².